The SMILES string of the molecule is CC1=Nn2cnnc2NC(=O)C1(Br)Br. The molecule has 14 heavy (non-hydrogen) atoms. The van der Waals surface area contributed by atoms with Gasteiger partial charge in [-0.05, 0) is 6.92 Å². The number of nitrogens with one attached hydrogen (secondary N) is 1. The van der Waals surface area contributed by atoms with E-state index in [4.69, 9.17) is 0 Å². The summed E-state index contributed by atoms with van der Waals surface area (Å²) in [5.74, 6) is 0.0145. The van der Waals surface area contributed by atoms with E-state index in [-0.39, 0.29) is 5.91 Å². The summed E-state index contributed by atoms with van der Waals surface area (Å²) in [5, 5.41) is 14.0. The van der Waals surface area contributed by atoms with Crippen molar-refractivity contribution in [3.63, 3.8) is 0 Å². The monoisotopic (exact) mass is 321 g/mol. The zero-order chi connectivity index (χ0) is 10.3. The van der Waals surface area contributed by atoms with Crippen LogP contribution in [0.1, 0.15) is 6.92 Å². The zero-order valence-corrected chi connectivity index (χ0v) is 10.2. The lowest BCUT2D eigenvalue weighted by Crippen LogP contribution is -2.36. The molecule has 0 aliphatic carbocycles. The topological polar surface area (TPSA) is 72.2 Å². The average molecular weight is 323 g/mol. The highest BCUT2D eigenvalue weighted by molar-refractivity contribution is 9.26. The zero-order valence-electron chi connectivity index (χ0n) is 7.03. The first kappa shape index (κ1) is 9.78. The Morgan fingerprint density at radius 1 is 1.57 bits per heavy atom. The second kappa shape index (κ2) is 3.13. The Hall–Kier alpha value is -0.760. The number of alkyl halides is 2. The minimum atomic E-state index is -0.985. The maximum Gasteiger partial charge on any atom is 0.260 e. The molecule has 1 aromatic heterocycles. The number of anilines is 1. The van der Waals surface area contributed by atoms with Crippen LogP contribution in [0.15, 0.2) is 11.4 Å². The maximum absolute atomic E-state index is 11.6. The van der Waals surface area contributed by atoms with E-state index >= 15 is 0 Å². The van der Waals surface area contributed by atoms with Gasteiger partial charge in [0.15, 0.2) is 3.23 Å². The summed E-state index contributed by atoms with van der Waals surface area (Å²) in [7, 11) is 0. The van der Waals surface area contributed by atoms with E-state index in [2.05, 4.69) is 52.5 Å². The fourth-order valence-electron chi connectivity index (χ4n) is 0.954. The molecule has 0 radical (unpaired) electrons. The van der Waals surface area contributed by atoms with E-state index in [1.807, 2.05) is 0 Å². The lowest BCUT2D eigenvalue weighted by Gasteiger charge is -2.14. The molecule has 74 valence electrons. The number of hydrogen-bond donors (Lipinski definition) is 1. The molecule has 8 heteroatoms. The van der Waals surface area contributed by atoms with Crippen LogP contribution in [0.2, 0.25) is 0 Å². The van der Waals surface area contributed by atoms with Gasteiger partial charge in [-0.3, -0.25) is 10.1 Å². The molecule has 1 aliphatic rings. The second-order valence-corrected chi connectivity index (χ2v) is 6.16. The third kappa shape index (κ3) is 1.38. The molecule has 0 fully saturated rings. The molecule has 0 atom stereocenters. The molecule has 0 bridgehead atoms. The fraction of sp³-hybridized carbons (Fsp3) is 0.333. The molecule has 0 unspecified atom stereocenters. The summed E-state index contributed by atoms with van der Waals surface area (Å²) in [4.78, 5) is 11.6. The van der Waals surface area contributed by atoms with Gasteiger partial charge in [-0.2, -0.15) is 9.78 Å². The van der Waals surface area contributed by atoms with Crippen molar-refractivity contribution in [1.29, 1.82) is 0 Å². The van der Waals surface area contributed by atoms with E-state index in [1.54, 1.807) is 6.92 Å². The number of halogens is 2. The maximum atomic E-state index is 11.6. The van der Waals surface area contributed by atoms with Crippen molar-refractivity contribution in [2.75, 3.05) is 5.32 Å². The number of fused-ring (bicyclic) bond motifs is 1. The Balaban J connectivity index is 2.56. The lowest BCUT2D eigenvalue weighted by atomic mass is 10.3. The number of carbonyl (C=O) groups is 1. The van der Waals surface area contributed by atoms with Crippen molar-refractivity contribution in [2.45, 2.75) is 10.2 Å². The summed E-state index contributed by atoms with van der Waals surface area (Å²) < 4.78 is 0.415. The highest BCUT2D eigenvalue weighted by atomic mass is 79.9. The minimum absolute atomic E-state index is 0.287. The van der Waals surface area contributed by atoms with Crippen LogP contribution >= 0.6 is 31.9 Å². The number of amides is 1. The number of rotatable bonds is 0. The van der Waals surface area contributed by atoms with Gasteiger partial charge in [0, 0.05) is 0 Å². The number of aromatic nitrogens is 3. The second-order valence-electron chi connectivity index (χ2n) is 2.71. The van der Waals surface area contributed by atoms with Gasteiger partial charge in [-0.1, -0.05) is 31.9 Å². The molecule has 1 aliphatic heterocycles. The molecule has 0 spiro atoms. The summed E-state index contributed by atoms with van der Waals surface area (Å²) in [6, 6.07) is 0. The number of hydrogen-bond acceptors (Lipinski definition) is 4. The van der Waals surface area contributed by atoms with Gasteiger partial charge in [0.1, 0.15) is 6.33 Å². The van der Waals surface area contributed by atoms with Crippen molar-refractivity contribution in [3.8, 4) is 0 Å². The summed E-state index contributed by atoms with van der Waals surface area (Å²) in [5.41, 5.74) is 0.563. The van der Waals surface area contributed by atoms with E-state index in [1.165, 1.54) is 11.0 Å². The van der Waals surface area contributed by atoms with E-state index in [9.17, 15) is 4.79 Å². The van der Waals surface area contributed by atoms with Crippen LogP contribution in [0.3, 0.4) is 0 Å². The molecular weight excluding hydrogens is 318 g/mol. The van der Waals surface area contributed by atoms with Gasteiger partial charge in [-0.25, -0.2) is 0 Å². The van der Waals surface area contributed by atoms with Crippen molar-refractivity contribution in [2.24, 2.45) is 5.10 Å². The molecule has 1 N–H and O–H groups in total. The van der Waals surface area contributed by atoms with Crippen LogP contribution in [-0.2, 0) is 4.79 Å². The van der Waals surface area contributed by atoms with Crippen LogP contribution in [0.5, 0.6) is 0 Å². The smallest absolute Gasteiger partial charge is 0.260 e. The standard InChI is InChI=1S/C6H5Br2N5O/c1-3-6(7,8)4(14)10-5-11-9-2-13(5)12-3/h2H,1H3,(H,10,11,14). The molecule has 0 saturated carbocycles. The molecule has 6 nitrogen and oxygen atoms in total. The van der Waals surface area contributed by atoms with Crippen molar-refractivity contribution >= 4 is 49.4 Å². The number of nitrogens with zero attached hydrogens (tertiary/aromatic N) is 4. The molecule has 1 aromatic rings. The van der Waals surface area contributed by atoms with Crippen LogP contribution in [0, 0.1) is 0 Å². The Labute approximate surface area is 96.0 Å². The summed E-state index contributed by atoms with van der Waals surface area (Å²) in [6.07, 6.45) is 1.42. The normalized spacial score (nSPS) is 19.4. The summed E-state index contributed by atoms with van der Waals surface area (Å²) in [6.45, 7) is 1.72. The molecule has 2 rings (SSSR count). The molecule has 0 saturated heterocycles. The molecule has 0 aromatic carbocycles. The Kier molecular flexibility index (Phi) is 2.18. The first-order valence-electron chi connectivity index (χ1n) is 3.67. The first-order valence-corrected chi connectivity index (χ1v) is 5.26. The van der Waals surface area contributed by atoms with Crippen LogP contribution < -0.4 is 5.32 Å². The third-order valence-corrected chi connectivity index (χ3v) is 3.62. The van der Waals surface area contributed by atoms with Gasteiger partial charge >= 0.3 is 0 Å². The largest absolute Gasteiger partial charge is 0.291 e. The van der Waals surface area contributed by atoms with Gasteiger partial charge < -0.3 is 0 Å². The minimum Gasteiger partial charge on any atom is -0.291 e. The first-order chi connectivity index (χ1) is 6.51. The van der Waals surface area contributed by atoms with E-state index < -0.39 is 3.23 Å². The van der Waals surface area contributed by atoms with Gasteiger partial charge in [0.05, 0.1) is 5.71 Å². The Bertz CT molecular complexity index is 424. The Morgan fingerprint density at radius 3 is 3.00 bits per heavy atom. The van der Waals surface area contributed by atoms with Gasteiger partial charge in [0.25, 0.3) is 11.9 Å². The van der Waals surface area contributed by atoms with Crippen molar-refractivity contribution in [3.05, 3.63) is 6.33 Å². The van der Waals surface area contributed by atoms with Gasteiger partial charge in [0.2, 0.25) is 0 Å². The van der Waals surface area contributed by atoms with Crippen molar-refractivity contribution in [1.82, 2.24) is 14.9 Å². The predicted octanol–water partition coefficient (Wildman–Crippen LogP) is 0.940. The number of carbonyl (C=O) groups excluding carboxylic acids is 1. The lowest BCUT2D eigenvalue weighted by molar-refractivity contribution is -0.115. The van der Waals surface area contributed by atoms with E-state index in [0.717, 1.165) is 0 Å². The molecule has 2 heterocycles. The van der Waals surface area contributed by atoms with Crippen LogP contribution in [0.25, 0.3) is 0 Å². The van der Waals surface area contributed by atoms with Crippen LogP contribution in [0.4, 0.5) is 5.95 Å². The summed E-state index contributed by atoms with van der Waals surface area (Å²) >= 11 is 6.46. The van der Waals surface area contributed by atoms with Crippen molar-refractivity contribution < 1.29 is 4.79 Å². The van der Waals surface area contributed by atoms with Crippen LogP contribution in [-0.4, -0.2) is 29.7 Å². The molecular formula is C6H5Br2N5O. The highest BCUT2D eigenvalue weighted by Crippen LogP contribution is 2.31. The highest BCUT2D eigenvalue weighted by Gasteiger charge is 2.38. The fourth-order valence-corrected chi connectivity index (χ4v) is 1.31. The third-order valence-electron chi connectivity index (χ3n) is 1.75. The quantitative estimate of drug-likeness (QED) is 0.723. The molecule has 1 amide bonds. The van der Waals surface area contributed by atoms with E-state index in [0.29, 0.717) is 11.7 Å². The Morgan fingerprint density at radius 2 is 2.29 bits per heavy atom. The predicted molar refractivity (Wildman–Crippen MR) is 57.7 cm³/mol. The average Bonchev–Trinajstić information content (AvgIpc) is 2.49. The van der Waals surface area contributed by atoms with Gasteiger partial charge in [-0.15, -0.1) is 10.2 Å².